The Bertz CT molecular complexity index is 1390. The molecule has 174 valence electrons. The number of nitrogens with one attached hydrogen (secondary N) is 2. The second-order valence-electron chi connectivity index (χ2n) is 8.17. The number of ether oxygens (including phenoxy) is 2. The summed E-state index contributed by atoms with van der Waals surface area (Å²) in [5.74, 6) is 0.317. The summed E-state index contributed by atoms with van der Waals surface area (Å²) in [7, 11) is 2.96. The molecule has 2 aromatic carbocycles. The number of hydrogen-bond acceptors (Lipinski definition) is 7. The molecule has 5 rings (SSSR count). The first kappa shape index (κ1) is 21.7. The van der Waals surface area contributed by atoms with E-state index in [1.807, 2.05) is 42.5 Å². The van der Waals surface area contributed by atoms with Crippen LogP contribution in [0, 0.1) is 10.1 Å². The summed E-state index contributed by atoms with van der Waals surface area (Å²) in [6.07, 6.45) is 3.12. The van der Waals surface area contributed by atoms with Gasteiger partial charge in [-0.15, -0.1) is 0 Å². The molecule has 0 saturated heterocycles. The molecule has 1 aliphatic heterocycles. The number of benzene rings is 2. The molecule has 34 heavy (non-hydrogen) atoms. The molecule has 2 aromatic heterocycles. The Hall–Kier alpha value is -4.18. The van der Waals surface area contributed by atoms with Gasteiger partial charge in [0.1, 0.15) is 24.2 Å². The maximum atomic E-state index is 12.5. The number of carbonyl (C=O) groups is 1. The minimum absolute atomic E-state index is 0.0762. The molecule has 0 amide bonds. The van der Waals surface area contributed by atoms with Gasteiger partial charge in [0.05, 0.1) is 31.7 Å². The zero-order valence-electron chi connectivity index (χ0n) is 18.6. The predicted octanol–water partition coefficient (Wildman–Crippen LogP) is 3.11. The van der Waals surface area contributed by atoms with Gasteiger partial charge < -0.3 is 14.5 Å². The molecule has 10 nitrogen and oxygen atoms in total. The van der Waals surface area contributed by atoms with Gasteiger partial charge in [0.25, 0.3) is 0 Å². The molecule has 0 unspecified atom stereocenters. The van der Waals surface area contributed by atoms with Crippen molar-refractivity contribution in [1.29, 1.82) is 0 Å². The summed E-state index contributed by atoms with van der Waals surface area (Å²) in [5.41, 5.74) is 4.72. The van der Waals surface area contributed by atoms with Gasteiger partial charge in [-0.2, -0.15) is 5.10 Å². The highest BCUT2D eigenvalue weighted by Crippen LogP contribution is 2.36. The molecule has 0 spiro atoms. The number of H-pyrrole nitrogens is 1. The Kier molecular flexibility index (Phi) is 5.50. The van der Waals surface area contributed by atoms with E-state index in [0.717, 1.165) is 33.3 Å². The van der Waals surface area contributed by atoms with E-state index < -0.39 is 11.0 Å². The second-order valence-corrected chi connectivity index (χ2v) is 8.17. The number of fused-ring (bicyclic) bond motifs is 3. The van der Waals surface area contributed by atoms with Crippen molar-refractivity contribution in [2.75, 3.05) is 14.2 Å². The molecule has 1 aliphatic rings. The number of hydrogen-bond donors (Lipinski definition) is 2. The van der Waals surface area contributed by atoms with E-state index >= 15 is 0 Å². The van der Waals surface area contributed by atoms with Crippen molar-refractivity contribution in [2.24, 2.45) is 0 Å². The summed E-state index contributed by atoms with van der Waals surface area (Å²) in [6.45, 7) is 0.289. The Balaban J connectivity index is 1.57. The number of esters is 1. The van der Waals surface area contributed by atoms with Gasteiger partial charge in [-0.05, 0) is 29.3 Å². The van der Waals surface area contributed by atoms with Crippen LogP contribution in [0.2, 0.25) is 0 Å². The molecule has 0 radical (unpaired) electrons. The van der Waals surface area contributed by atoms with Gasteiger partial charge >= 0.3 is 11.7 Å². The van der Waals surface area contributed by atoms with E-state index in [1.54, 1.807) is 7.11 Å². The zero-order chi connectivity index (χ0) is 23.8. The van der Waals surface area contributed by atoms with Crippen LogP contribution in [-0.4, -0.2) is 45.9 Å². The quantitative estimate of drug-likeness (QED) is 0.257. The number of aromatic amines is 1. The highest BCUT2D eigenvalue weighted by molar-refractivity contribution is 5.87. The zero-order valence-corrected chi connectivity index (χ0v) is 18.6. The van der Waals surface area contributed by atoms with Gasteiger partial charge in [0.15, 0.2) is 0 Å². The lowest BCUT2D eigenvalue weighted by Crippen LogP contribution is -2.45. The minimum Gasteiger partial charge on any atom is -0.496 e. The molecular formula is C24H23N5O5. The third-order valence-electron chi connectivity index (χ3n) is 6.20. The molecule has 10 heteroatoms. The van der Waals surface area contributed by atoms with Crippen LogP contribution < -0.4 is 10.1 Å². The highest BCUT2D eigenvalue weighted by Gasteiger charge is 2.34. The van der Waals surface area contributed by atoms with Crippen LogP contribution in [0.15, 0.2) is 54.9 Å². The molecule has 4 aromatic rings. The molecule has 2 atom stereocenters. The monoisotopic (exact) mass is 461 g/mol. The Morgan fingerprint density at radius 3 is 2.82 bits per heavy atom. The van der Waals surface area contributed by atoms with Crippen LogP contribution in [-0.2, 0) is 22.5 Å². The average molecular weight is 461 g/mol. The van der Waals surface area contributed by atoms with Crippen molar-refractivity contribution in [2.45, 2.75) is 25.0 Å². The molecule has 0 bridgehead atoms. The summed E-state index contributed by atoms with van der Waals surface area (Å²) in [4.78, 5) is 26.6. The number of nitro groups is 1. The standard InChI is InChI=1S/C24H23N5O5/c1-33-21-8-7-14(9-15(21)12-28-13-16(11-25-28)29(31)32)22-23-18(10-20(27-22)24(30)34-2)17-5-3-4-6-19(17)26-23/h3-9,11,13,20,22,26-27H,10,12H2,1-2H3/t20-,22+/m0/s1. The first-order chi connectivity index (χ1) is 16.5. The minimum atomic E-state index is -0.499. The number of aromatic nitrogens is 3. The smallest absolute Gasteiger partial charge is 0.323 e. The van der Waals surface area contributed by atoms with E-state index in [2.05, 4.69) is 15.4 Å². The van der Waals surface area contributed by atoms with Crippen molar-refractivity contribution in [3.05, 3.63) is 87.4 Å². The Labute approximate surface area is 194 Å². The van der Waals surface area contributed by atoms with Crippen LogP contribution in [0.5, 0.6) is 5.75 Å². The van der Waals surface area contributed by atoms with E-state index in [0.29, 0.717) is 12.2 Å². The van der Waals surface area contributed by atoms with E-state index in [-0.39, 0.29) is 24.2 Å². The van der Waals surface area contributed by atoms with Crippen LogP contribution in [0.1, 0.15) is 28.4 Å². The van der Waals surface area contributed by atoms with Gasteiger partial charge in [-0.3, -0.25) is 24.9 Å². The summed E-state index contributed by atoms with van der Waals surface area (Å²) >= 11 is 0. The largest absolute Gasteiger partial charge is 0.496 e. The average Bonchev–Trinajstić information content (AvgIpc) is 3.47. The molecule has 2 N–H and O–H groups in total. The second kappa shape index (κ2) is 8.64. The summed E-state index contributed by atoms with van der Waals surface area (Å²) in [6, 6.07) is 13.0. The molecule has 0 saturated carbocycles. The van der Waals surface area contributed by atoms with Gasteiger partial charge in [-0.25, -0.2) is 0 Å². The summed E-state index contributed by atoms with van der Waals surface area (Å²) < 4.78 is 12.1. The van der Waals surface area contributed by atoms with Crippen LogP contribution >= 0.6 is 0 Å². The van der Waals surface area contributed by atoms with Crippen molar-refractivity contribution in [1.82, 2.24) is 20.1 Å². The van der Waals surface area contributed by atoms with Gasteiger partial charge in [0.2, 0.25) is 0 Å². The molecule has 0 fully saturated rings. The normalized spacial score (nSPS) is 17.4. The third-order valence-corrected chi connectivity index (χ3v) is 6.20. The Morgan fingerprint density at radius 2 is 2.09 bits per heavy atom. The van der Waals surface area contributed by atoms with E-state index in [1.165, 1.54) is 24.2 Å². The van der Waals surface area contributed by atoms with E-state index in [9.17, 15) is 14.9 Å². The van der Waals surface area contributed by atoms with Crippen LogP contribution in [0.3, 0.4) is 0 Å². The summed E-state index contributed by atoms with van der Waals surface area (Å²) in [5, 5.41) is 19.6. The van der Waals surface area contributed by atoms with Gasteiger partial charge in [-0.1, -0.05) is 24.3 Å². The number of carbonyl (C=O) groups excluding carboxylic acids is 1. The maximum absolute atomic E-state index is 12.5. The molecule has 0 aliphatic carbocycles. The van der Waals surface area contributed by atoms with E-state index in [4.69, 9.17) is 9.47 Å². The van der Waals surface area contributed by atoms with Crippen LogP contribution in [0.25, 0.3) is 10.9 Å². The fraction of sp³-hybridized carbons (Fsp3) is 0.250. The van der Waals surface area contributed by atoms with Gasteiger partial charge in [0, 0.05) is 28.6 Å². The first-order valence-electron chi connectivity index (χ1n) is 10.8. The molecule has 3 heterocycles. The number of methoxy groups -OCH3 is 2. The maximum Gasteiger partial charge on any atom is 0.323 e. The predicted molar refractivity (Wildman–Crippen MR) is 124 cm³/mol. The van der Waals surface area contributed by atoms with Crippen molar-refractivity contribution < 1.29 is 19.2 Å². The third kappa shape index (κ3) is 3.77. The van der Waals surface area contributed by atoms with Crippen molar-refractivity contribution in [3.8, 4) is 5.75 Å². The highest BCUT2D eigenvalue weighted by atomic mass is 16.6. The number of para-hydroxylation sites is 1. The first-order valence-corrected chi connectivity index (χ1v) is 10.8. The fourth-order valence-electron chi connectivity index (χ4n) is 4.60. The lowest BCUT2D eigenvalue weighted by molar-refractivity contribution is -0.385. The van der Waals surface area contributed by atoms with Crippen molar-refractivity contribution >= 4 is 22.6 Å². The SMILES string of the molecule is COC(=O)[C@@H]1Cc2c([nH]c3ccccc23)[C@@H](c2ccc(OC)c(Cn3cc([N+](=O)[O-])cn3)c2)N1. The topological polar surface area (TPSA) is 124 Å². The molecular weight excluding hydrogens is 438 g/mol. The number of rotatable bonds is 6. The fourth-order valence-corrected chi connectivity index (χ4v) is 4.60. The van der Waals surface area contributed by atoms with Crippen LogP contribution in [0.4, 0.5) is 5.69 Å². The lowest BCUT2D eigenvalue weighted by Gasteiger charge is -2.30. The number of nitrogens with zero attached hydrogens (tertiary/aromatic N) is 3. The van der Waals surface area contributed by atoms with Crippen molar-refractivity contribution in [3.63, 3.8) is 0 Å². The Morgan fingerprint density at radius 1 is 1.26 bits per heavy atom. The lowest BCUT2D eigenvalue weighted by atomic mass is 9.89.